The lowest BCUT2D eigenvalue weighted by atomic mass is 9.91. The van der Waals surface area contributed by atoms with Crippen LogP contribution in [0.3, 0.4) is 0 Å². The van der Waals surface area contributed by atoms with Crippen molar-refractivity contribution in [1.29, 1.82) is 0 Å². The third-order valence-electron chi connectivity index (χ3n) is 5.81. The Morgan fingerprint density at radius 3 is 2.33 bits per heavy atom. The highest BCUT2D eigenvalue weighted by Gasteiger charge is 2.22. The highest BCUT2D eigenvalue weighted by Crippen LogP contribution is 2.35. The third-order valence-corrected chi connectivity index (χ3v) is 6.59. The van der Waals surface area contributed by atoms with Gasteiger partial charge in [0.15, 0.2) is 5.75 Å². The molecule has 0 aliphatic heterocycles. The SMILES string of the molecule is CN(C)c1nc(N[C@H]2CC[C@@H](NCCOc3c(Cl)cc(Cl)cc3Cl)CC2)nc2ccccc12. The summed E-state index contributed by atoms with van der Waals surface area (Å²) in [7, 11) is 4.02. The highest BCUT2D eigenvalue weighted by molar-refractivity contribution is 6.40. The van der Waals surface area contributed by atoms with E-state index >= 15 is 0 Å². The molecule has 0 bridgehead atoms. The van der Waals surface area contributed by atoms with Gasteiger partial charge in [0, 0.05) is 43.1 Å². The maximum atomic E-state index is 6.17. The van der Waals surface area contributed by atoms with Gasteiger partial charge in [-0.2, -0.15) is 4.98 Å². The molecule has 0 amide bonds. The second-order valence-corrected chi connectivity index (χ2v) is 9.73. The van der Waals surface area contributed by atoms with Crippen molar-refractivity contribution in [2.75, 3.05) is 37.5 Å². The van der Waals surface area contributed by atoms with Crippen LogP contribution in [0.5, 0.6) is 5.75 Å². The molecule has 0 spiro atoms. The summed E-state index contributed by atoms with van der Waals surface area (Å²) >= 11 is 18.3. The van der Waals surface area contributed by atoms with Gasteiger partial charge < -0.3 is 20.3 Å². The summed E-state index contributed by atoms with van der Waals surface area (Å²) in [5.41, 5.74) is 0.954. The summed E-state index contributed by atoms with van der Waals surface area (Å²) in [4.78, 5) is 11.5. The Labute approximate surface area is 209 Å². The number of anilines is 2. The molecule has 176 valence electrons. The van der Waals surface area contributed by atoms with E-state index in [1.54, 1.807) is 12.1 Å². The zero-order chi connectivity index (χ0) is 23.4. The Morgan fingerprint density at radius 1 is 0.970 bits per heavy atom. The van der Waals surface area contributed by atoms with Gasteiger partial charge in [-0.1, -0.05) is 46.9 Å². The maximum Gasteiger partial charge on any atom is 0.225 e. The molecule has 1 aliphatic carbocycles. The summed E-state index contributed by atoms with van der Waals surface area (Å²) in [5, 5.41) is 9.53. The second kappa shape index (κ2) is 11.0. The predicted molar refractivity (Wildman–Crippen MR) is 139 cm³/mol. The smallest absolute Gasteiger partial charge is 0.225 e. The molecule has 4 rings (SSSR count). The van der Waals surface area contributed by atoms with Crippen LogP contribution >= 0.6 is 34.8 Å². The summed E-state index contributed by atoms with van der Waals surface area (Å²) in [6, 6.07) is 12.2. The minimum atomic E-state index is 0.363. The first-order valence-corrected chi connectivity index (χ1v) is 12.3. The molecule has 2 aromatic carbocycles. The van der Waals surface area contributed by atoms with Crippen molar-refractivity contribution < 1.29 is 4.74 Å². The Balaban J connectivity index is 1.25. The molecule has 9 heteroatoms. The molecule has 0 saturated heterocycles. The van der Waals surface area contributed by atoms with Gasteiger partial charge in [-0.25, -0.2) is 4.98 Å². The zero-order valence-electron chi connectivity index (χ0n) is 18.7. The average molecular weight is 509 g/mol. The van der Waals surface area contributed by atoms with Crippen LogP contribution in [0.15, 0.2) is 36.4 Å². The fourth-order valence-corrected chi connectivity index (χ4v) is 5.10. The molecule has 0 atom stereocenters. The van der Waals surface area contributed by atoms with Crippen molar-refractivity contribution in [3.63, 3.8) is 0 Å². The quantitative estimate of drug-likeness (QED) is 0.361. The van der Waals surface area contributed by atoms with E-state index in [2.05, 4.69) is 16.7 Å². The Morgan fingerprint density at radius 2 is 1.64 bits per heavy atom. The van der Waals surface area contributed by atoms with Gasteiger partial charge in [0.2, 0.25) is 5.95 Å². The molecule has 1 aromatic heterocycles. The second-order valence-electron chi connectivity index (χ2n) is 8.48. The number of para-hydroxylation sites is 1. The van der Waals surface area contributed by atoms with Gasteiger partial charge in [0.25, 0.3) is 0 Å². The monoisotopic (exact) mass is 507 g/mol. The number of hydrogen-bond donors (Lipinski definition) is 2. The number of ether oxygens (including phenoxy) is 1. The summed E-state index contributed by atoms with van der Waals surface area (Å²) in [6.07, 6.45) is 4.27. The first-order chi connectivity index (χ1) is 15.9. The third kappa shape index (κ3) is 6.12. The van der Waals surface area contributed by atoms with Crippen molar-refractivity contribution in [3.8, 4) is 5.75 Å². The molecule has 3 aromatic rings. The lowest BCUT2D eigenvalue weighted by Crippen LogP contribution is -2.38. The number of nitrogens with one attached hydrogen (secondary N) is 2. The minimum absolute atomic E-state index is 0.363. The molecular weight excluding hydrogens is 481 g/mol. The van der Waals surface area contributed by atoms with Gasteiger partial charge in [0.1, 0.15) is 12.4 Å². The number of halogens is 3. The van der Waals surface area contributed by atoms with E-state index in [0.29, 0.717) is 45.5 Å². The number of fused-ring (bicyclic) bond motifs is 1. The Hall–Kier alpha value is -1.99. The van der Waals surface area contributed by atoms with Crippen molar-refractivity contribution >= 4 is 57.5 Å². The van der Waals surface area contributed by atoms with Crippen molar-refractivity contribution in [2.45, 2.75) is 37.8 Å². The molecule has 1 fully saturated rings. The van der Waals surface area contributed by atoms with Crippen LogP contribution in [0.1, 0.15) is 25.7 Å². The van der Waals surface area contributed by atoms with Crippen LogP contribution in [-0.2, 0) is 0 Å². The Kier molecular flexibility index (Phi) is 8.02. The van der Waals surface area contributed by atoms with Crippen LogP contribution in [-0.4, -0.2) is 49.3 Å². The van der Waals surface area contributed by atoms with E-state index in [1.165, 1.54) is 0 Å². The zero-order valence-corrected chi connectivity index (χ0v) is 21.0. The molecule has 33 heavy (non-hydrogen) atoms. The topological polar surface area (TPSA) is 62.3 Å². The Bertz CT molecular complexity index is 1080. The average Bonchev–Trinajstić information content (AvgIpc) is 2.78. The van der Waals surface area contributed by atoms with E-state index < -0.39 is 0 Å². The van der Waals surface area contributed by atoms with Crippen LogP contribution in [0, 0.1) is 0 Å². The van der Waals surface area contributed by atoms with E-state index in [9.17, 15) is 0 Å². The van der Waals surface area contributed by atoms with Crippen LogP contribution < -0.4 is 20.3 Å². The van der Waals surface area contributed by atoms with Crippen LogP contribution in [0.4, 0.5) is 11.8 Å². The molecule has 6 nitrogen and oxygen atoms in total. The van der Waals surface area contributed by atoms with Gasteiger partial charge >= 0.3 is 0 Å². The molecule has 1 saturated carbocycles. The highest BCUT2D eigenvalue weighted by atomic mass is 35.5. The van der Waals surface area contributed by atoms with Crippen molar-refractivity contribution in [3.05, 3.63) is 51.5 Å². The molecule has 1 heterocycles. The first-order valence-electron chi connectivity index (χ1n) is 11.1. The summed E-state index contributed by atoms with van der Waals surface area (Å²) in [5.74, 6) is 2.10. The largest absolute Gasteiger partial charge is 0.489 e. The molecule has 2 N–H and O–H groups in total. The van der Waals surface area contributed by atoms with Crippen molar-refractivity contribution in [2.24, 2.45) is 0 Å². The van der Waals surface area contributed by atoms with Crippen molar-refractivity contribution in [1.82, 2.24) is 15.3 Å². The molecular formula is C24H28Cl3N5O. The van der Waals surface area contributed by atoms with E-state index in [4.69, 9.17) is 49.5 Å². The normalized spacial score (nSPS) is 18.3. The number of rotatable bonds is 8. The first kappa shape index (κ1) is 24.1. The number of hydrogen-bond acceptors (Lipinski definition) is 6. The fourth-order valence-electron chi connectivity index (χ4n) is 4.17. The summed E-state index contributed by atoms with van der Waals surface area (Å²) in [6.45, 7) is 1.20. The molecule has 0 radical (unpaired) electrons. The standard InChI is InChI=1S/C24H28Cl3N5O/c1-32(2)23-18-5-3-4-6-21(18)30-24(31-23)29-17-9-7-16(8-10-17)28-11-12-33-22-19(26)13-15(25)14-20(22)27/h3-6,13-14,16-17,28H,7-12H2,1-2H3,(H,29,30,31)/t16-,17+. The van der Waals surface area contributed by atoms with Crippen LogP contribution in [0.25, 0.3) is 10.9 Å². The molecule has 1 aliphatic rings. The van der Waals surface area contributed by atoms with E-state index in [1.807, 2.05) is 37.2 Å². The van der Waals surface area contributed by atoms with Gasteiger partial charge in [0.05, 0.1) is 15.6 Å². The number of aromatic nitrogens is 2. The van der Waals surface area contributed by atoms with E-state index in [0.717, 1.165) is 48.9 Å². The number of benzene rings is 2. The molecule has 0 unspecified atom stereocenters. The fraction of sp³-hybridized carbons (Fsp3) is 0.417. The van der Waals surface area contributed by atoms with Gasteiger partial charge in [-0.15, -0.1) is 0 Å². The number of nitrogens with zero attached hydrogens (tertiary/aromatic N) is 3. The lowest BCUT2D eigenvalue weighted by molar-refractivity contribution is 0.285. The van der Waals surface area contributed by atoms with Gasteiger partial charge in [-0.05, 0) is 49.9 Å². The predicted octanol–water partition coefficient (Wildman–Crippen LogP) is 6.05. The minimum Gasteiger partial charge on any atom is -0.489 e. The van der Waals surface area contributed by atoms with E-state index in [-0.39, 0.29) is 0 Å². The lowest BCUT2D eigenvalue weighted by Gasteiger charge is -2.30. The summed E-state index contributed by atoms with van der Waals surface area (Å²) < 4.78 is 5.76. The van der Waals surface area contributed by atoms with Gasteiger partial charge in [-0.3, -0.25) is 0 Å². The maximum absolute atomic E-state index is 6.17. The van der Waals surface area contributed by atoms with Crippen LogP contribution in [0.2, 0.25) is 15.1 Å².